The molecule has 1 aromatic rings. The van der Waals surface area contributed by atoms with Crippen LogP contribution < -0.4 is 10.6 Å². The van der Waals surface area contributed by atoms with Crippen LogP contribution >= 0.6 is 15.9 Å². The van der Waals surface area contributed by atoms with Gasteiger partial charge in [0.15, 0.2) is 0 Å². The van der Waals surface area contributed by atoms with Gasteiger partial charge in [0.05, 0.1) is 11.4 Å². The number of amides is 2. The minimum atomic E-state index is -5.13. The molecule has 0 aliphatic rings. The highest BCUT2D eigenvalue weighted by molar-refractivity contribution is 9.10. The summed E-state index contributed by atoms with van der Waals surface area (Å²) in [5.41, 5.74) is -0.652. The van der Waals surface area contributed by atoms with E-state index in [-0.39, 0.29) is 10.2 Å². The number of nitrogens with one attached hydrogen (secondary N) is 2. The lowest BCUT2D eigenvalue weighted by molar-refractivity contribution is -0.167. The smallest absolute Gasteiger partial charge is 0.325 e. The number of rotatable bonds is 2. The second kappa shape index (κ2) is 5.55. The Bertz CT molecular complexity index is 531. The first kappa shape index (κ1) is 15.4. The van der Waals surface area contributed by atoms with Crippen molar-refractivity contribution in [3.8, 4) is 0 Å². The van der Waals surface area contributed by atoms with E-state index in [1.165, 1.54) is 12.2 Å². The number of anilines is 2. The Hall–Kier alpha value is -1.64. The van der Waals surface area contributed by atoms with Gasteiger partial charge in [-0.3, -0.25) is 9.59 Å². The van der Waals surface area contributed by atoms with Crippen molar-refractivity contribution in [2.75, 3.05) is 10.6 Å². The van der Waals surface area contributed by atoms with E-state index in [1.807, 2.05) is 0 Å². The van der Waals surface area contributed by atoms with Crippen molar-refractivity contribution >= 4 is 39.1 Å². The van der Waals surface area contributed by atoms with Crippen LogP contribution in [0.15, 0.2) is 16.6 Å². The Morgan fingerprint density at radius 1 is 1.16 bits per heavy atom. The highest BCUT2D eigenvalue weighted by atomic mass is 79.9. The molecule has 0 heterocycles. The average molecular weight is 343 g/mol. The Morgan fingerprint density at radius 2 is 1.74 bits per heavy atom. The maximum absolute atomic E-state index is 13.4. The lowest BCUT2D eigenvalue weighted by Gasteiger charge is -2.12. The summed E-state index contributed by atoms with van der Waals surface area (Å²) in [6, 6.07) is 1.71. The van der Waals surface area contributed by atoms with Crippen LogP contribution in [-0.2, 0) is 9.59 Å². The zero-order valence-corrected chi connectivity index (χ0v) is 10.9. The van der Waals surface area contributed by atoms with Gasteiger partial charge < -0.3 is 10.6 Å². The summed E-state index contributed by atoms with van der Waals surface area (Å²) in [4.78, 5) is 21.6. The van der Waals surface area contributed by atoms with Gasteiger partial charge in [-0.2, -0.15) is 13.2 Å². The third-order valence-electron chi connectivity index (χ3n) is 1.87. The molecule has 0 radical (unpaired) electrons. The number of alkyl halides is 3. The molecule has 0 saturated heterocycles. The average Bonchev–Trinajstić information content (AvgIpc) is 2.22. The molecule has 0 atom stereocenters. The molecule has 4 nitrogen and oxygen atoms in total. The van der Waals surface area contributed by atoms with Crippen LogP contribution in [-0.4, -0.2) is 18.0 Å². The summed E-state index contributed by atoms with van der Waals surface area (Å²) in [5, 5.41) is 3.65. The van der Waals surface area contributed by atoms with Crippen molar-refractivity contribution in [2.45, 2.75) is 13.1 Å². The second-order valence-electron chi connectivity index (χ2n) is 3.44. The summed E-state index contributed by atoms with van der Waals surface area (Å²) >= 11 is 2.93. The maximum atomic E-state index is 13.4. The van der Waals surface area contributed by atoms with Crippen LogP contribution in [0.2, 0.25) is 0 Å². The molecule has 0 bridgehead atoms. The summed E-state index contributed by atoms with van der Waals surface area (Å²) in [6.07, 6.45) is -5.13. The van der Waals surface area contributed by atoms with Crippen molar-refractivity contribution in [3.63, 3.8) is 0 Å². The minimum absolute atomic E-state index is 0.0337. The van der Waals surface area contributed by atoms with E-state index >= 15 is 0 Å². The zero-order chi connectivity index (χ0) is 14.8. The molecule has 0 unspecified atom stereocenters. The van der Waals surface area contributed by atoms with Gasteiger partial charge in [0.2, 0.25) is 5.91 Å². The Morgan fingerprint density at radius 3 is 2.21 bits per heavy atom. The largest absolute Gasteiger partial charge is 0.471 e. The van der Waals surface area contributed by atoms with Gasteiger partial charge in [0.25, 0.3) is 0 Å². The topological polar surface area (TPSA) is 58.2 Å². The third kappa shape index (κ3) is 4.19. The fourth-order valence-electron chi connectivity index (χ4n) is 1.12. The van der Waals surface area contributed by atoms with Crippen LogP contribution in [0.4, 0.5) is 28.9 Å². The predicted molar refractivity (Wildman–Crippen MR) is 63.1 cm³/mol. The quantitative estimate of drug-likeness (QED) is 0.811. The highest BCUT2D eigenvalue weighted by Crippen LogP contribution is 2.30. The molecule has 19 heavy (non-hydrogen) atoms. The van der Waals surface area contributed by atoms with E-state index in [0.717, 1.165) is 12.1 Å². The van der Waals surface area contributed by atoms with Gasteiger partial charge in [-0.05, 0) is 28.1 Å². The third-order valence-corrected chi connectivity index (χ3v) is 2.53. The molecule has 0 aliphatic heterocycles. The van der Waals surface area contributed by atoms with Crippen LogP contribution in [0.3, 0.4) is 0 Å². The van der Waals surface area contributed by atoms with E-state index < -0.39 is 29.5 Å². The number of halogens is 5. The molecule has 104 valence electrons. The summed E-state index contributed by atoms with van der Waals surface area (Å²) in [7, 11) is 0. The second-order valence-corrected chi connectivity index (χ2v) is 4.30. The van der Waals surface area contributed by atoms with E-state index in [9.17, 15) is 27.2 Å². The van der Waals surface area contributed by atoms with E-state index in [2.05, 4.69) is 21.2 Å². The predicted octanol–water partition coefficient (Wildman–Crippen LogP) is 3.05. The number of hydrogen-bond donors (Lipinski definition) is 2. The molecule has 2 amide bonds. The van der Waals surface area contributed by atoms with Gasteiger partial charge in [0.1, 0.15) is 5.82 Å². The first-order valence-corrected chi connectivity index (χ1v) is 5.55. The van der Waals surface area contributed by atoms with Gasteiger partial charge in [-0.1, -0.05) is 0 Å². The maximum Gasteiger partial charge on any atom is 0.471 e. The Kier molecular flexibility index (Phi) is 4.51. The standard InChI is InChI=1S/C10H7BrF4N2O2/c1-4(18)16-7-3-8(6(12)2-5(7)11)17-9(19)10(13,14)15/h2-3H,1H3,(H,16,18)(H,17,19). The summed E-state index contributed by atoms with van der Waals surface area (Å²) in [5.74, 6) is -3.87. The molecule has 0 fully saturated rings. The molecule has 2 N–H and O–H groups in total. The first-order valence-electron chi connectivity index (χ1n) is 4.76. The van der Waals surface area contributed by atoms with Crippen LogP contribution in [0.1, 0.15) is 6.92 Å². The Balaban J connectivity index is 3.08. The molecular formula is C10H7BrF4N2O2. The lowest BCUT2D eigenvalue weighted by Crippen LogP contribution is -2.30. The normalized spacial score (nSPS) is 11.1. The Labute approximate surface area is 113 Å². The number of carbonyl (C=O) groups excluding carboxylic acids is 2. The molecule has 1 rings (SSSR count). The highest BCUT2D eigenvalue weighted by Gasteiger charge is 2.39. The molecule has 0 aliphatic carbocycles. The molecule has 0 saturated carbocycles. The van der Waals surface area contributed by atoms with Gasteiger partial charge in [0, 0.05) is 11.4 Å². The number of hydrogen-bond acceptors (Lipinski definition) is 2. The van der Waals surface area contributed by atoms with E-state index in [1.54, 1.807) is 0 Å². The molecule has 0 aromatic heterocycles. The SMILES string of the molecule is CC(=O)Nc1cc(NC(=O)C(F)(F)F)c(F)cc1Br. The van der Waals surface area contributed by atoms with Crippen LogP contribution in [0.25, 0.3) is 0 Å². The van der Waals surface area contributed by atoms with Crippen molar-refractivity contribution in [1.29, 1.82) is 0 Å². The summed E-state index contributed by atoms with van der Waals surface area (Å²) in [6.45, 7) is 1.17. The first-order chi connectivity index (χ1) is 8.61. The van der Waals surface area contributed by atoms with Crippen molar-refractivity contribution in [1.82, 2.24) is 0 Å². The molecular weight excluding hydrogens is 336 g/mol. The monoisotopic (exact) mass is 342 g/mol. The van der Waals surface area contributed by atoms with Crippen LogP contribution in [0.5, 0.6) is 0 Å². The fourth-order valence-corrected chi connectivity index (χ4v) is 1.54. The van der Waals surface area contributed by atoms with Gasteiger partial charge in [-0.15, -0.1) is 0 Å². The lowest BCUT2D eigenvalue weighted by atomic mass is 10.2. The van der Waals surface area contributed by atoms with Crippen molar-refractivity contribution < 1.29 is 27.2 Å². The zero-order valence-electron chi connectivity index (χ0n) is 9.36. The van der Waals surface area contributed by atoms with Crippen molar-refractivity contribution in [3.05, 3.63) is 22.4 Å². The van der Waals surface area contributed by atoms with E-state index in [4.69, 9.17) is 0 Å². The molecule has 1 aromatic carbocycles. The molecule has 0 spiro atoms. The minimum Gasteiger partial charge on any atom is -0.325 e. The number of carbonyl (C=O) groups is 2. The number of benzene rings is 1. The fraction of sp³-hybridized carbons (Fsp3) is 0.200. The van der Waals surface area contributed by atoms with Gasteiger partial charge in [-0.25, -0.2) is 4.39 Å². The van der Waals surface area contributed by atoms with Crippen molar-refractivity contribution in [2.24, 2.45) is 0 Å². The van der Waals surface area contributed by atoms with Crippen LogP contribution in [0, 0.1) is 5.82 Å². The summed E-state index contributed by atoms with van der Waals surface area (Å²) < 4.78 is 49.7. The van der Waals surface area contributed by atoms with Gasteiger partial charge >= 0.3 is 12.1 Å². The molecule has 9 heteroatoms. The van der Waals surface area contributed by atoms with E-state index in [0.29, 0.717) is 0 Å².